The molecule has 1 heterocycles. The maximum atomic E-state index is 13.5. The summed E-state index contributed by atoms with van der Waals surface area (Å²) in [6.45, 7) is 3.42. The number of hydrogen-bond donors (Lipinski definition) is 1. The first-order chi connectivity index (χ1) is 7.98. The third-order valence-corrected chi connectivity index (χ3v) is 2.62. The van der Waals surface area contributed by atoms with E-state index in [0.717, 1.165) is 17.3 Å². The number of aromatic nitrogens is 1. The molecule has 1 radical (unpaired) electrons. The average molecular weight is 230 g/mol. The Morgan fingerprint density at radius 3 is 2.41 bits per heavy atom. The van der Waals surface area contributed by atoms with Gasteiger partial charge in [-0.1, -0.05) is 24.3 Å². The largest absolute Gasteiger partial charge is 0.386 e. The Bertz CT molecular complexity index is 514. The lowest BCUT2D eigenvalue weighted by molar-refractivity contribution is 0.0786. The Balaban J connectivity index is 2.40. The van der Waals surface area contributed by atoms with Crippen LogP contribution in [0, 0.1) is 12.0 Å². The summed E-state index contributed by atoms with van der Waals surface area (Å²) in [7, 11) is 0. The lowest BCUT2D eigenvalue weighted by Crippen LogP contribution is -2.14. The average Bonchev–Trinajstić information content (AvgIpc) is 2.29. The molecule has 0 amide bonds. The maximum Gasteiger partial charge on any atom is 0.149 e. The fourth-order valence-corrected chi connectivity index (χ4v) is 1.61. The van der Waals surface area contributed by atoms with Crippen LogP contribution in [0.5, 0.6) is 0 Å². The number of hydrogen-bond acceptors (Lipinski definition) is 2. The normalized spacial score (nSPS) is 11.5. The molecule has 1 aromatic heterocycles. The van der Waals surface area contributed by atoms with Crippen molar-refractivity contribution in [2.24, 2.45) is 0 Å². The predicted octanol–water partition coefficient (Wildman–Crippen LogP) is 2.92. The van der Waals surface area contributed by atoms with E-state index < -0.39 is 5.60 Å². The molecule has 0 unspecified atom stereocenters. The van der Waals surface area contributed by atoms with Crippen molar-refractivity contribution in [3.8, 4) is 11.1 Å². The number of pyridine rings is 1. The third-order valence-electron chi connectivity index (χ3n) is 2.62. The van der Waals surface area contributed by atoms with Gasteiger partial charge in [0.15, 0.2) is 0 Å². The lowest BCUT2D eigenvalue weighted by atomic mass is 9.96. The number of halogens is 1. The summed E-state index contributed by atoms with van der Waals surface area (Å²) >= 11 is 0. The highest BCUT2D eigenvalue weighted by Crippen LogP contribution is 2.25. The molecule has 0 aliphatic carbocycles. The summed E-state index contributed by atoms with van der Waals surface area (Å²) in [6.07, 6.45) is 3.74. The van der Waals surface area contributed by atoms with Gasteiger partial charge in [0.05, 0.1) is 18.0 Å². The second-order valence-corrected chi connectivity index (χ2v) is 4.43. The van der Waals surface area contributed by atoms with Crippen molar-refractivity contribution in [1.82, 2.24) is 4.98 Å². The first-order valence-electron chi connectivity index (χ1n) is 5.33. The minimum absolute atomic E-state index is 0.375. The highest BCUT2D eigenvalue weighted by atomic mass is 19.1. The second-order valence-electron chi connectivity index (χ2n) is 4.43. The van der Waals surface area contributed by atoms with Crippen molar-refractivity contribution in [3.63, 3.8) is 0 Å². The van der Waals surface area contributed by atoms with Gasteiger partial charge in [0.2, 0.25) is 0 Å². The quantitative estimate of drug-likeness (QED) is 0.860. The molecule has 0 saturated heterocycles. The summed E-state index contributed by atoms with van der Waals surface area (Å²) < 4.78 is 13.5. The van der Waals surface area contributed by atoms with Crippen molar-refractivity contribution >= 4 is 0 Å². The molecule has 2 rings (SSSR count). The first kappa shape index (κ1) is 11.7. The SMILES string of the molecule is CC(C)(O)c1ccc(-c2c[c]ncc2F)cc1. The Morgan fingerprint density at radius 2 is 1.88 bits per heavy atom. The van der Waals surface area contributed by atoms with E-state index >= 15 is 0 Å². The van der Waals surface area contributed by atoms with E-state index in [1.165, 1.54) is 6.07 Å². The Hall–Kier alpha value is -1.74. The summed E-state index contributed by atoms with van der Waals surface area (Å²) in [5, 5.41) is 9.81. The van der Waals surface area contributed by atoms with Crippen LogP contribution < -0.4 is 0 Å². The second kappa shape index (κ2) is 4.26. The fourth-order valence-electron chi connectivity index (χ4n) is 1.61. The molecule has 0 bridgehead atoms. The minimum atomic E-state index is -0.887. The summed E-state index contributed by atoms with van der Waals surface area (Å²) in [5.41, 5.74) is 1.11. The van der Waals surface area contributed by atoms with Crippen LogP contribution in [-0.2, 0) is 5.60 Å². The third kappa shape index (κ3) is 2.50. The molecular formula is C14H13FNO. The van der Waals surface area contributed by atoms with Gasteiger partial charge < -0.3 is 5.11 Å². The summed E-state index contributed by atoms with van der Waals surface area (Å²) in [4.78, 5) is 3.59. The molecule has 17 heavy (non-hydrogen) atoms. The molecule has 0 aliphatic heterocycles. The van der Waals surface area contributed by atoms with Gasteiger partial charge in [0.1, 0.15) is 5.82 Å². The Morgan fingerprint density at radius 1 is 1.24 bits per heavy atom. The molecule has 3 heteroatoms. The monoisotopic (exact) mass is 230 g/mol. The zero-order valence-corrected chi connectivity index (χ0v) is 9.74. The molecule has 2 aromatic rings. The van der Waals surface area contributed by atoms with Gasteiger partial charge in [-0.2, -0.15) is 0 Å². The van der Waals surface area contributed by atoms with E-state index in [9.17, 15) is 9.50 Å². The number of aliphatic hydroxyl groups is 1. The zero-order chi connectivity index (χ0) is 12.5. The Kier molecular flexibility index (Phi) is 2.94. The smallest absolute Gasteiger partial charge is 0.149 e. The highest BCUT2D eigenvalue weighted by Gasteiger charge is 2.15. The number of rotatable bonds is 2. The predicted molar refractivity (Wildman–Crippen MR) is 63.7 cm³/mol. The van der Waals surface area contributed by atoms with Gasteiger partial charge in [-0.15, -0.1) is 0 Å². The molecule has 0 saturated carbocycles. The van der Waals surface area contributed by atoms with Crippen molar-refractivity contribution in [2.75, 3.05) is 0 Å². The Labute approximate surface area is 99.8 Å². The van der Waals surface area contributed by atoms with Gasteiger partial charge in [0.25, 0.3) is 0 Å². The minimum Gasteiger partial charge on any atom is -0.386 e. The van der Waals surface area contributed by atoms with Crippen LogP contribution in [0.2, 0.25) is 0 Å². The van der Waals surface area contributed by atoms with Crippen molar-refractivity contribution < 1.29 is 9.50 Å². The van der Waals surface area contributed by atoms with Crippen LogP contribution in [-0.4, -0.2) is 10.1 Å². The van der Waals surface area contributed by atoms with Gasteiger partial charge >= 0.3 is 0 Å². The van der Waals surface area contributed by atoms with E-state index in [1.807, 2.05) is 0 Å². The van der Waals surface area contributed by atoms with Crippen LogP contribution in [0.15, 0.2) is 36.5 Å². The van der Waals surface area contributed by atoms with E-state index in [4.69, 9.17) is 0 Å². The molecule has 0 atom stereocenters. The maximum absolute atomic E-state index is 13.5. The van der Waals surface area contributed by atoms with E-state index in [1.54, 1.807) is 38.1 Å². The van der Waals surface area contributed by atoms with Gasteiger partial charge in [-0.3, -0.25) is 4.98 Å². The number of nitrogens with zero attached hydrogens (tertiary/aromatic N) is 1. The van der Waals surface area contributed by atoms with Crippen LogP contribution in [0.25, 0.3) is 11.1 Å². The highest BCUT2D eigenvalue weighted by molar-refractivity contribution is 5.63. The molecule has 1 N–H and O–H groups in total. The van der Waals surface area contributed by atoms with Crippen LogP contribution in [0.4, 0.5) is 4.39 Å². The van der Waals surface area contributed by atoms with Crippen LogP contribution in [0.1, 0.15) is 19.4 Å². The standard InChI is InChI=1S/C14H13FNO/c1-14(2,17)11-5-3-10(4-6-11)12-7-8-16-9-13(12)15/h3-7,9,17H,1-2H3. The molecule has 2 nitrogen and oxygen atoms in total. The molecule has 0 spiro atoms. The van der Waals surface area contributed by atoms with E-state index in [0.29, 0.717) is 5.56 Å². The molecular weight excluding hydrogens is 217 g/mol. The summed E-state index contributed by atoms with van der Waals surface area (Å²) in [5.74, 6) is -0.375. The molecule has 0 aliphatic rings. The lowest BCUT2D eigenvalue weighted by Gasteiger charge is -2.17. The van der Waals surface area contributed by atoms with E-state index in [-0.39, 0.29) is 5.82 Å². The fraction of sp³-hybridized carbons (Fsp3) is 0.214. The summed E-state index contributed by atoms with van der Waals surface area (Å²) in [6, 6.07) is 8.64. The zero-order valence-electron chi connectivity index (χ0n) is 9.74. The van der Waals surface area contributed by atoms with Crippen LogP contribution >= 0.6 is 0 Å². The molecule has 87 valence electrons. The van der Waals surface area contributed by atoms with E-state index in [2.05, 4.69) is 11.2 Å². The molecule has 1 aromatic carbocycles. The topological polar surface area (TPSA) is 33.1 Å². The van der Waals surface area contributed by atoms with Crippen molar-refractivity contribution in [3.05, 3.63) is 54.1 Å². The molecule has 0 fully saturated rings. The first-order valence-corrected chi connectivity index (χ1v) is 5.33. The van der Waals surface area contributed by atoms with Crippen LogP contribution in [0.3, 0.4) is 0 Å². The van der Waals surface area contributed by atoms with Gasteiger partial charge in [-0.05, 0) is 31.0 Å². The van der Waals surface area contributed by atoms with Gasteiger partial charge in [0, 0.05) is 5.56 Å². The number of benzene rings is 1. The van der Waals surface area contributed by atoms with Gasteiger partial charge in [-0.25, -0.2) is 4.39 Å². The van der Waals surface area contributed by atoms with Crippen molar-refractivity contribution in [1.29, 1.82) is 0 Å². The van der Waals surface area contributed by atoms with Crippen molar-refractivity contribution in [2.45, 2.75) is 19.4 Å².